The van der Waals surface area contributed by atoms with Crippen molar-refractivity contribution in [2.75, 3.05) is 12.4 Å². The molecular weight excluding hydrogens is 418 g/mol. The number of nitrogens with zero attached hydrogens (tertiary/aromatic N) is 2. The molecule has 166 valence electrons. The fourth-order valence-corrected chi connectivity index (χ4v) is 4.85. The summed E-state index contributed by atoms with van der Waals surface area (Å²) in [5.41, 5.74) is 0.790. The van der Waals surface area contributed by atoms with Crippen LogP contribution in [0.15, 0.2) is 33.0 Å². The number of hydrogen-bond acceptors (Lipinski definition) is 7. The number of aromatic amines is 1. The monoisotopic (exact) mass is 445 g/mol. The highest BCUT2D eigenvalue weighted by atomic mass is 32.2. The van der Waals surface area contributed by atoms with Crippen molar-refractivity contribution < 1.29 is 18.7 Å². The van der Waals surface area contributed by atoms with E-state index in [9.17, 15) is 9.59 Å². The Labute approximate surface area is 184 Å². The number of furan rings is 1. The number of hydrogen-bond donors (Lipinski definition) is 3. The summed E-state index contributed by atoms with van der Waals surface area (Å²) in [7, 11) is 0. The van der Waals surface area contributed by atoms with Crippen LogP contribution in [0.5, 0.6) is 0 Å². The molecule has 2 aromatic rings. The maximum atomic E-state index is 12.8. The second kappa shape index (κ2) is 9.59. The van der Waals surface area contributed by atoms with Crippen LogP contribution in [-0.4, -0.2) is 39.5 Å². The molecule has 0 saturated heterocycles. The second-order valence-corrected chi connectivity index (χ2v) is 8.74. The Hall–Kier alpha value is -2.75. The normalized spacial score (nSPS) is 19.4. The molecule has 1 saturated carbocycles. The van der Waals surface area contributed by atoms with Crippen LogP contribution >= 0.6 is 11.8 Å². The highest BCUT2D eigenvalue weighted by molar-refractivity contribution is 7.99. The van der Waals surface area contributed by atoms with Gasteiger partial charge in [-0.3, -0.25) is 5.10 Å². The molecule has 1 atom stereocenters. The Balaban J connectivity index is 1.53. The van der Waals surface area contributed by atoms with Crippen molar-refractivity contribution in [1.29, 1.82) is 0 Å². The number of aryl methyl sites for hydroxylation is 1. The maximum absolute atomic E-state index is 12.8. The first-order valence-corrected chi connectivity index (χ1v) is 11.6. The largest absolute Gasteiger partial charge is 0.464 e. The summed E-state index contributed by atoms with van der Waals surface area (Å²) in [4.78, 5) is 29.6. The number of esters is 1. The number of carbonyl (C=O) groups excluding carboxylic acids is 2. The molecular formula is C21H27N5O4S. The maximum Gasteiger partial charge on any atom is 0.338 e. The summed E-state index contributed by atoms with van der Waals surface area (Å²) in [6, 6.07) is 2.42. The first-order valence-electron chi connectivity index (χ1n) is 10.6. The average Bonchev–Trinajstić information content (AvgIpc) is 3.49. The minimum atomic E-state index is -0.720. The molecule has 1 unspecified atom stereocenters. The van der Waals surface area contributed by atoms with Crippen LogP contribution in [0.2, 0.25) is 0 Å². The average molecular weight is 446 g/mol. The van der Waals surface area contributed by atoms with E-state index >= 15 is 0 Å². The van der Waals surface area contributed by atoms with Gasteiger partial charge in [0, 0.05) is 17.9 Å². The molecule has 0 spiro atoms. The quantitative estimate of drug-likeness (QED) is 0.420. The Morgan fingerprint density at radius 1 is 1.32 bits per heavy atom. The smallest absolute Gasteiger partial charge is 0.338 e. The first kappa shape index (κ1) is 21.5. The Bertz CT molecular complexity index is 976. The van der Waals surface area contributed by atoms with E-state index in [1.54, 1.807) is 19.1 Å². The molecule has 1 aliphatic carbocycles. The number of H-pyrrole nitrogens is 1. The minimum Gasteiger partial charge on any atom is -0.464 e. The molecule has 10 heteroatoms. The van der Waals surface area contributed by atoms with Gasteiger partial charge in [-0.2, -0.15) is 0 Å². The van der Waals surface area contributed by atoms with Crippen LogP contribution in [0.25, 0.3) is 0 Å². The van der Waals surface area contributed by atoms with E-state index in [0.29, 0.717) is 39.6 Å². The fraction of sp³-hybridized carbons (Fsp3) is 0.524. The Morgan fingerprint density at radius 3 is 2.84 bits per heavy atom. The number of ether oxygens (including phenoxy) is 1. The van der Waals surface area contributed by atoms with Gasteiger partial charge in [-0.25, -0.2) is 14.6 Å². The van der Waals surface area contributed by atoms with E-state index in [-0.39, 0.29) is 6.61 Å². The van der Waals surface area contributed by atoms with Crippen molar-refractivity contribution in [3.8, 4) is 0 Å². The topological polar surface area (TPSA) is 122 Å². The summed E-state index contributed by atoms with van der Waals surface area (Å²) < 4.78 is 10.9. The Kier molecular flexibility index (Phi) is 6.64. The first-order chi connectivity index (χ1) is 15.0. The molecule has 4 rings (SSSR count). The van der Waals surface area contributed by atoms with Gasteiger partial charge in [-0.15, -0.1) is 5.10 Å². The summed E-state index contributed by atoms with van der Waals surface area (Å²) >= 11 is 1.36. The molecule has 2 amide bonds. The number of rotatable bonds is 8. The molecule has 3 heterocycles. The fourth-order valence-electron chi connectivity index (χ4n) is 4.06. The predicted octanol–water partition coefficient (Wildman–Crippen LogP) is 3.40. The number of thioether (sulfide) groups is 1. The third-order valence-electron chi connectivity index (χ3n) is 5.51. The van der Waals surface area contributed by atoms with E-state index in [0.717, 1.165) is 12.2 Å². The molecule has 1 fully saturated rings. The lowest BCUT2D eigenvalue weighted by Crippen LogP contribution is -2.46. The van der Waals surface area contributed by atoms with Crippen LogP contribution < -0.4 is 10.6 Å². The zero-order chi connectivity index (χ0) is 21.8. The van der Waals surface area contributed by atoms with Gasteiger partial charge in [0.25, 0.3) is 0 Å². The molecule has 9 nitrogen and oxygen atoms in total. The van der Waals surface area contributed by atoms with Crippen LogP contribution in [-0.2, 0) is 16.0 Å². The summed E-state index contributed by atoms with van der Waals surface area (Å²) in [6.07, 6.45) is 5.97. The summed E-state index contributed by atoms with van der Waals surface area (Å²) in [5.74, 6) is 2.55. The van der Waals surface area contributed by atoms with Crippen molar-refractivity contribution in [1.82, 2.24) is 25.8 Å². The lowest BCUT2D eigenvalue weighted by atomic mass is 10.0. The van der Waals surface area contributed by atoms with Crippen molar-refractivity contribution >= 4 is 23.8 Å². The third-order valence-corrected chi connectivity index (χ3v) is 6.38. The number of urea groups is 1. The zero-order valence-electron chi connectivity index (χ0n) is 17.7. The van der Waals surface area contributed by atoms with E-state index in [2.05, 4.69) is 25.8 Å². The van der Waals surface area contributed by atoms with Gasteiger partial charge in [0.2, 0.25) is 5.16 Å². The lowest BCUT2D eigenvalue weighted by Gasteiger charge is -2.27. The van der Waals surface area contributed by atoms with Gasteiger partial charge >= 0.3 is 12.0 Å². The molecule has 31 heavy (non-hydrogen) atoms. The van der Waals surface area contributed by atoms with Crippen molar-refractivity contribution in [2.45, 2.75) is 57.1 Å². The highest BCUT2D eigenvalue weighted by Gasteiger charge is 2.35. The number of aromatic nitrogens is 3. The minimum absolute atomic E-state index is 0.228. The zero-order valence-corrected chi connectivity index (χ0v) is 18.5. The van der Waals surface area contributed by atoms with Gasteiger partial charge in [0.05, 0.1) is 12.2 Å². The lowest BCUT2D eigenvalue weighted by molar-refractivity contribution is -0.139. The third kappa shape index (κ3) is 5.12. The Morgan fingerprint density at radius 2 is 2.13 bits per heavy atom. The number of carbonyl (C=O) groups is 2. The van der Waals surface area contributed by atoms with Gasteiger partial charge in [0.15, 0.2) is 0 Å². The standard InChI is InChI=1S/C21H27N5O4S/c1-3-29-19(27)17-14(22-20(28)24-18(17)15-9-8-12(2)30-15)11-31-21-23-16(25-26-21)10-13-6-4-5-7-13/h8-9,13,18H,3-7,10-11H2,1-2H3,(H2,22,24,28)(H,23,25,26). The van der Waals surface area contributed by atoms with Gasteiger partial charge < -0.3 is 19.8 Å². The van der Waals surface area contributed by atoms with E-state index in [4.69, 9.17) is 9.15 Å². The van der Waals surface area contributed by atoms with Crippen molar-refractivity contribution in [2.24, 2.45) is 5.92 Å². The molecule has 0 aromatic carbocycles. The van der Waals surface area contributed by atoms with Crippen LogP contribution in [0.1, 0.15) is 56.0 Å². The number of nitrogens with one attached hydrogen (secondary N) is 3. The molecule has 2 aromatic heterocycles. The molecule has 1 aliphatic heterocycles. The molecule has 2 aliphatic rings. The number of amides is 2. The summed E-state index contributed by atoms with van der Waals surface area (Å²) in [5, 5.41) is 13.4. The van der Waals surface area contributed by atoms with Gasteiger partial charge in [-0.05, 0) is 31.9 Å². The van der Waals surface area contributed by atoms with Gasteiger partial charge in [0.1, 0.15) is 23.4 Å². The van der Waals surface area contributed by atoms with E-state index in [1.165, 1.54) is 37.4 Å². The van der Waals surface area contributed by atoms with Crippen LogP contribution in [0.3, 0.4) is 0 Å². The molecule has 0 radical (unpaired) electrons. The van der Waals surface area contributed by atoms with E-state index < -0.39 is 18.0 Å². The summed E-state index contributed by atoms with van der Waals surface area (Å²) in [6.45, 7) is 3.78. The second-order valence-electron chi connectivity index (χ2n) is 7.80. The van der Waals surface area contributed by atoms with Crippen LogP contribution in [0.4, 0.5) is 4.79 Å². The van der Waals surface area contributed by atoms with Crippen LogP contribution in [0, 0.1) is 12.8 Å². The van der Waals surface area contributed by atoms with Crippen molar-refractivity contribution in [3.05, 3.63) is 40.7 Å². The van der Waals surface area contributed by atoms with Crippen molar-refractivity contribution in [3.63, 3.8) is 0 Å². The molecule has 3 N–H and O–H groups in total. The van der Waals surface area contributed by atoms with E-state index in [1.807, 2.05) is 6.92 Å². The molecule has 0 bridgehead atoms. The van der Waals surface area contributed by atoms with Gasteiger partial charge in [-0.1, -0.05) is 37.4 Å². The highest BCUT2D eigenvalue weighted by Crippen LogP contribution is 2.31. The predicted molar refractivity (Wildman–Crippen MR) is 114 cm³/mol. The SMILES string of the molecule is CCOC(=O)C1=C(CSc2n[nH]c(CC3CCCC3)n2)NC(=O)NC1c1ccc(C)o1.